The molecule has 1 aliphatic rings. The third-order valence-electron chi connectivity index (χ3n) is 5.25. The molecule has 140 valence electrons. The van der Waals surface area contributed by atoms with Crippen LogP contribution in [0.5, 0.6) is 0 Å². The van der Waals surface area contributed by atoms with E-state index in [1.54, 1.807) is 0 Å². The summed E-state index contributed by atoms with van der Waals surface area (Å²) in [4.78, 5) is 4.85. The Hall–Kier alpha value is -1.72. The minimum Gasteiger partial charge on any atom is -0.395 e. The van der Waals surface area contributed by atoms with Crippen molar-refractivity contribution in [2.24, 2.45) is 0 Å². The fourth-order valence-electron chi connectivity index (χ4n) is 3.89. The monoisotopic (exact) mass is 354 g/mol. The molecule has 1 heterocycles. The molecular formula is C22H30N2O2. The van der Waals surface area contributed by atoms with E-state index >= 15 is 0 Å². The number of hydrogen-bond donors (Lipinski definition) is 1. The van der Waals surface area contributed by atoms with Crippen LogP contribution in [-0.2, 0) is 17.8 Å². The predicted molar refractivity (Wildman–Crippen MR) is 105 cm³/mol. The van der Waals surface area contributed by atoms with Gasteiger partial charge in [-0.1, -0.05) is 60.7 Å². The maximum Gasteiger partial charge on any atom is 0.0853 e. The van der Waals surface area contributed by atoms with Crippen molar-refractivity contribution in [1.29, 1.82) is 0 Å². The Morgan fingerprint density at radius 1 is 1.00 bits per heavy atom. The zero-order valence-electron chi connectivity index (χ0n) is 15.6. The van der Waals surface area contributed by atoms with Gasteiger partial charge in [0.05, 0.1) is 12.7 Å². The van der Waals surface area contributed by atoms with Crippen molar-refractivity contribution in [3.8, 4) is 0 Å². The van der Waals surface area contributed by atoms with Gasteiger partial charge < -0.3 is 9.84 Å². The first-order chi connectivity index (χ1) is 12.8. The molecule has 1 aliphatic heterocycles. The molecule has 0 aliphatic carbocycles. The molecule has 4 heteroatoms. The summed E-state index contributed by atoms with van der Waals surface area (Å²) >= 11 is 0. The lowest BCUT2D eigenvalue weighted by Crippen LogP contribution is -2.54. The molecule has 0 radical (unpaired) electrons. The van der Waals surface area contributed by atoms with Gasteiger partial charge in [-0.05, 0) is 24.1 Å². The number of β-amino-alcohol motifs (C(OH)–C–C–N with tert-alkyl or cyclic N) is 1. The van der Waals surface area contributed by atoms with Crippen LogP contribution in [0.3, 0.4) is 0 Å². The van der Waals surface area contributed by atoms with Gasteiger partial charge in [-0.2, -0.15) is 0 Å². The first kappa shape index (κ1) is 19.1. The highest BCUT2D eigenvalue weighted by Crippen LogP contribution is 2.23. The number of rotatable bonds is 8. The van der Waals surface area contributed by atoms with E-state index in [9.17, 15) is 5.11 Å². The van der Waals surface area contributed by atoms with Gasteiger partial charge in [0.15, 0.2) is 0 Å². The smallest absolute Gasteiger partial charge is 0.0853 e. The van der Waals surface area contributed by atoms with Crippen LogP contribution in [0.2, 0.25) is 0 Å². The van der Waals surface area contributed by atoms with Crippen LogP contribution < -0.4 is 0 Å². The van der Waals surface area contributed by atoms with Gasteiger partial charge in [0.2, 0.25) is 0 Å². The van der Waals surface area contributed by atoms with Gasteiger partial charge in [0.25, 0.3) is 0 Å². The second-order valence-electron chi connectivity index (χ2n) is 7.03. The molecule has 2 aromatic rings. The summed E-state index contributed by atoms with van der Waals surface area (Å²) in [5, 5.41) is 9.25. The van der Waals surface area contributed by atoms with Crippen molar-refractivity contribution >= 4 is 0 Å². The lowest BCUT2D eigenvalue weighted by Gasteiger charge is -2.43. The van der Waals surface area contributed by atoms with E-state index in [0.717, 1.165) is 39.1 Å². The highest BCUT2D eigenvalue weighted by Gasteiger charge is 2.33. The molecule has 1 fully saturated rings. The second-order valence-corrected chi connectivity index (χ2v) is 7.03. The van der Waals surface area contributed by atoms with Crippen molar-refractivity contribution in [3.05, 3.63) is 71.8 Å². The SMILES string of the molecule is COC1CN(CCO)CCC1N(Cc1ccccc1)Cc1ccccc1. The number of likely N-dealkylation sites (tertiary alicyclic amines) is 1. The molecule has 2 aromatic carbocycles. The molecule has 0 bridgehead atoms. The number of nitrogens with zero attached hydrogens (tertiary/aromatic N) is 2. The van der Waals surface area contributed by atoms with Gasteiger partial charge in [0.1, 0.15) is 0 Å². The number of benzene rings is 2. The highest BCUT2D eigenvalue weighted by molar-refractivity contribution is 5.17. The third-order valence-corrected chi connectivity index (χ3v) is 5.25. The predicted octanol–water partition coefficient (Wildman–Crippen LogP) is 2.77. The molecule has 2 atom stereocenters. The van der Waals surface area contributed by atoms with Crippen molar-refractivity contribution in [2.75, 3.05) is 33.4 Å². The van der Waals surface area contributed by atoms with E-state index in [2.05, 4.69) is 70.5 Å². The van der Waals surface area contributed by atoms with Gasteiger partial charge in [-0.15, -0.1) is 0 Å². The van der Waals surface area contributed by atoms with Crippen LogP contribution in [0, 0.1) is 0 Å². The Bertz CT molecular complexity index is 594. The molecule has 26 heavy (non-hydrogen) atoms. The van der Waals surface area contributed by atoms with Crippen LogP contribution in [0.15, 0.2) is 60.7 Å². The average Bonchev–Trinajstić information content (AvgIpc) is 2.69. The van der Waals surface area contributed by atoms with Crippen molar-refractivity contribution in [2.45, 2.75) is 31.7 Å². The maximum atomic E-state index is 9.25. The van der Waals surface area contributed by atoms with E-state index in [-0.39, 0.29) is 12.7 Å². The fraction of sp³-hybridized carbons (Fsp3) is 0.455. The Morgan fingerprint density at radius 2 is 1.58 bits per heavy atom. The quantitative estimate of drug-likeness (QED) is 0.791. The summed E-state index contributed by atoms with van der Waals surface area (Å²) in [6.45, 7) is 4.65. The molecule has 4 nitrogen and oxygen atoms in total. The standard InChI is InChI=1S/C22H30N2O2/c1-26-22-18-23(14-15-25)13-12-21(22)24(16-19-8-4-2-5-9-19)17-20-10-6-3-7-11-20/h2-11,21-22,25H,12-18H2,1H3. The topological polar surface area (TPSA) is 35.9 Å². The number of methoxy groups -OCH3 is 1. The Balaban J connectivity index is 1.77. The highest BCUT2D eigenvalue weighted by atomic mass is 16.5. The second kappa shape index (κ2) is 9.83. The van der Waals surface area contributed by atoms with E-state index in [0.29, 0.717) is 6.04 Å². The van der Waals surface area contributed by atoms with Gasteiger partial charge in [-0.25, -0.2) is 0 Å². The summed E-state index contributed by atoms with van der Waals surface area (Å²) in [7, 11) is 1.81. The largest absolute Gasteiger partial charge is 0.395 e. The lowest BCUT2D eigenvalue weighted by molar-refractivity contribution is -0.0458. The summed E-state index contributed by atoms with van der Waals surface area (Å²) in [6, 6.07) is 21.7. The summed E-state index contributed by atoms with van der Waals surface area (Å²) in [5.41, 5.74) is 2.66. The molecule has 1 N–H and O–H groups in total. The molecule has 3 rings (SSSR count). The van der Waals surface area contributed by atoms with E-state index in [1.165, 1.54) is 11.1 Å². The molecule has 0 aromatic heterocycles. The average molecular weight is 354 g/mol. The molecule has 0 spiro atoms. The van der Waals surface area contributed by atoms with Crippen LogP contribution in [0.4, 0.5) is 0 Å². The first-order valence-electron chi connectivity index (χ1n) is 9.48. The van der Waals surface area contributed by atoms with Crippen molar-refractivity contribution in [1.82, 2.24) is 9.80 Å². The Kier molecular flexibility index (Phi) is 7.21. The van der Waals surface area contributed by atoms with E-state index in [4.69, 9.17) is 4.74 Å². The van der Waals surface area contributed by atoms with E-state index in [1.807, 2.05) is 7.11 Å². The van der Waals surface area contributed by atoms with Crippen LogP contribution >= 0.6 is 0 Å². The number of piperidine rings is 1. The Labute approximate surface area is 157 Å². The van der Waals surface area contributed by atoms with Gasteiger partial charge in [-0.3, -0.25) is 9.80 Å². The van der Waals surface area contributed by atoms with Crippen molar-refractivity contribution in [3.63, 3.8) is 0 Å². The minimum atomic E-state index is 0.155. The minimum absolute atomic E-state index is 0.155. The van der Waals surface area contributed by atoms with Gasteiger partial charge >= 0.3 is 0 Å². The third kappa shape index (κ3) is 5.15. The maximum absolute atomic E-state index is 9.25. The summed E-state index contributed by atoms with van der Waals surface area (Å²) < 4.78 is 5.87. The van der Waals surface area contributed by atoms with Gasteiger partial charge in [0, 0.05) is 39.3 Å². The van der Waals surface area contributed by atoms with Crippen molar-refractivity contribution < 1.29 is 9.84 Å². The normalized spacial score (nSPS) is 21.2. The summed E-state index contributed by atoms with van der Waals surface area (Å²) in [6.07, 6.45) is 1.21. The number of aliphatic hydroxyl groups is 1. The molecular weight excluding hydrogens is 324 g/mol. The zero-order valence-corrected chi connectivity index (χ0v) is 15.6. The zero-order chi connectivity index (χ0) is 18.2. The van der Waals surface area contributed by atoms with Crippen LogP contribution in [-0.4, -0.2) is 60.4 Å². The molecule has 0 saturated carbocycles. The van der Waals surface area contributed by atoms with Crippen LogP contribution in [0.1, 0.15) is 17.5 Å². The first-order valence-corrected chi connectivity index (χ1v) is 9.48. The lowest BCUT2D eigenvalue weighted by atomic mass is 9.98. The summed E-state index contributed by atoms with van der Waals surface area (Å²) in [5.74, 6) is 0. The van der Waals surface area contributed by atoms with Crippen LogP contribution in [0.25, 0.3) is 0 Å². The number of hydrogen-bond acceptors (Lipinski definition) is 4. The molecule has 0 amide bonds. The van der Waals surface area contributed by atoms with E-state index < -0.39 is 0 Å². The Morgan fingerprint density at radius 3 is 2.08 bits per heavy atom. The number of aliphatic hydroxyl groups excluding tert-OH is 1. The fourth-order valence-corrected chi connectivity index (χ4v) is 3.89. The molecule has 1 saturated heterocycles. The number of ether oxygens (including phenoxy) is 1. The molecule has 2 unspecified atom stereocenters.